The van der Waals surface area contributed by atoms with Crippen LogP contribution in [0.2, 0.25) is 0 Å². The Morgan fingerprint density at radius 2 is 2.07 bits per heavy atom. The van der Waals surface area contributed by atoms with E-state index in [9.17, 15) is 4.79 Å². The van der Waals surface area contributed by atoms with E-state index in [2.05, 4.69) is 21.2 Å². The summed E-state index contributed by atoms with van der Waals surface area (Å²) in [7, 11) is 0. The van der Waals surface area contributed by atoms with Crippen molar-refractivity contribution < 1.29 is 4.79 Å². The van der Waals surface area contributed by atoms with Crippen LogP contribution >= 0.6 is 15.9 Å². The number of aryl methyl sites for hydroxylation is 1. The summed E-state index contributed by atoms with van der Waals surface area (Å²) >= 11 is 3.37. The maximum atomic E-state index is 11.7. The van der Waals surface area contributed by atoms with Crippen molar-refractivity contribution in [1.82, 2.24) is 0 Å². The van der Waals surface area contributed by atoms with Crippen molar-refractivity contribution in [2.24, 2.45) is 5.92 Å². The molecule has 1 rings (SSSR count). The highest BCUT2D eigenvalue weighted by Crippen LogP contribution is 2.16. The number of hydrogen-bond donors (Lipinski definition) is 1. The Morgan fingerprint density at radius 1 is 1.40 bits per heavy atom. The molecule has 1 aromatic rings. The minimum atomic E-state index is -0.141. The number of amides is 1. The second-order valence-corrected chi connectivity index (χ2v) is 4.99. The van der Waals surface area contributed by atoms with Crippen molar-refractivity contribution >= 4 is 27.5 Å². The van der Waals surface area contributed by atoms with Crippen LogP contribution < -0.4 is 5.32 Å². The number of carbonyl (C=O) groups is 1. The molecule has 2 nitrogen and oxygen atoms in total. The van der Waals surface area contributed by atoms with Crippen molar-refractivity contribution in [2.75, 3.05) is 5.32 Å². The molecule has 1 atom stereocenters. The third-order valence-electron chi connectivity index (χ3n) is 2.12. The summed E-state index contributed by atoms with van der Waals surface area (Å²) in [4.78, 5) is 11.6. The average molecular weight is 270 g/mol. The Hall–Kier alpha value is -0.830. The minimum Gasteiger partial charge on any atom is -0.325 e. The summed E-state index contributed by atoms with van der Waals surface area (Å²) < 4.78 is 0. The van der Waals surface area contributed by atoms with Crippen molar-refractivity contribution in [3.8, 4) is 0 Å². The fourth-order valence-corrected chi connectivity index (χ4v) is 1.35. The van der Waals surface area contributed by atoms with E-state index in [0.717, 1.165) is 11.3 Å². The molecule has 0 aliphatic rings. The van der Waals surface area contributed by atoms with Crippen LogP contribution in [0.15, 0.2) is 24.3 Å². The molecule has 0 aliphatic heterocycles. The van der Waals surface area contributed by atoms with Gasteiger partial charge in [0.15, 0.2) is 0 Å². The lowest BCUT2D eigenvalue weighted by atomic mass is 10.1. The van der Waals surface area contributed by atoms with E-state index in [1.807, 2.05) is 45.0 Å². The predicted molar refractivity (Wildman–Crippen MR) is 67.4 cm³/mol. The van der Waals surface area contributed by atoms with Crippen LogP contribution in [0.3, 0.4) is 0 Å². The first-order chi connectivity index (χ1) is 7.00. The quantitative estimate of drug-likeness (QED) is 0.838. The Bertz CT molecular complexity index is 349. The summed E-state index contributed by atoms with van der Waals surface area (Å²) in [6, 6.07) is 7.79. The first-order valence-electron chi connectivity index (χ1n) is 5.02. The average Bonchev–Trinajstić information content (AvgIpc) is 2.16. The van der Waals surface area contributed by atoms with Gasteiger partial charge >= 0.3 is 0 Å². The molecule has 0 bridgehead atoms. The molecule has 0 aromatic heterocycles. The van der Waals surface area contributed by atoms with Gasteiger partial charge in [0, 0.05) is 5.69 Å². The fraction of sp³-hybridized carbons (Fsp3) is 0.417. The van der Waals surface area contributed by atoms with Gasteiger partial charge in [-0.05, 0) is 30.5 Å². The largest absolute Gasteiger partial charge is 0.325 e. The number of anilines is 1. The molecular formula is C12H16BrNO. The molecule has 1 N–H and O–H groups in total. The van der Waals surface area contributed by atoms with Crippen molar-refractivity contribution in [2.45, 2.75) is 25.6 Å². The van der Waals surface area contributed by atoms with Crippen LogP contribution in [-0.2, 0) is 4.79 Å². The number of halogens is 1. The Labute approximate surface area is 99.2 Å². The second kappa shape index (κ2) is 5.31. The molecule has 3 heteroatoms. The minimum absolute atomic E-state index is 0.00981. The van der Waals surface area contributed by atoms with Crippen LogP contribution in [-0.4, -0.2) is 10.7 Å². The topological polar surface area (TPSA) is 29.1 Å². The standard InChI is InChI=1S/C12H16BrNO/c1-8(2)11(13)12(15)14-10-6-4-5-9(3)7-10/h4-8,11H,1-3H3,(H,14,15). The lowest BCUT2D eigenvalue weighted by Gasteiger charge is -2.13. The van der Waals surface area contributed by atoms with Crippen molar-refractivity contribution in [3.63, 3.8) is 0 Å². The molecule has 0 aliphatic carbocycles. The number of rotatable bonds is 3. The van der Waals surface area contributed by atoms with Gasteiger partial charge in [0.1, 0.15) is 0 Å². The van der Waals surface area contributed by atoms with Gasteiger partial charge in [-0.25, -0.2) is 0 Å². The lowest BCUT2D eigenvalue weighted by Crippen LogP contribution is -2.26. The SMILES string of the molecule is Cc1cccc(NC(=O)C(Br)C(C)C)c1. The number of nitrogens with one attached hydrogen (secondary N) is 1. The second-order valence-electron chi connectivity index (χ2n) is 4.00. The van der Waals surface area contributed by atoms with E-state index in [-0.39, 0.29) is 16.7 Å². The van der Waals surface area contributed by atoms with Crippen LogP contribution in [0.25, 0.3) is 0 Å². The Balaban J connectivity index is 2.66. The van der Waals surface area contributed by atoms with E-state index >= 15 is 0 Å². The van der Waals surface area contributed by atoms with E-state index in [4.69, 9.17) is 0 Å². The molecule has 82 valence electrons. The third kappa shape index (κ3) is 3.67. The monoisotopic (exact) mass is 269 g/mol. The van der Waals surface area contributed by atoms with E-state index in [1.54, 1.807) is 0 Å². The van der Waals surface area contributed by atoms with Gasteiger partial charge < -0.3 is 5.32 Å². The fourth-order valence-electron chi connectivity index (χ4n) is 1.24. The first-order valence-corrected chi connectivity index (χ1v) is 5.94. The van der Waals surface area contributed by atoms with Crippen LogP contribution in [0, 0.1) is 12.8 Å². The van der Waals surface area contributed by atoms with E-state index in [0.29, 0.717) is 0 Å². The molecule has 0 fully saturated rings. The zero-order valence-corrected chi connectivity index (χ0v) is 10.8. The van der Waals surface area contributed by atoms with Gasteiger partial charge in [0.2, 0.25) is 5.91 Å². The van der Waals surface area contributed by atoms with Crippen molar-refractivity contribution in [1.29, 1.82) is 0 Å². The van der Waals surface area contributed by atoms with Gasteiger partial charge in [-0.2, -0.15) is 0 Å². The van der Waals surface area contributed by atoms with Gasteiger partial charge in [-0.3, -0.25) is 4.79 Å². The van der Waals surface area contributed by atoms with Gasteiger partial charge in [-0.1, -0.05) is 41.9 Å². The Kier molecular flexibility index (Phi) is 4.33. The molecule has 0 saturated carbocycles. The van der Waals surface area contributed by atoms with E-state index < -0.39 is 0 Å². The highest BCUT2D eigenvalue weighted by atomic mass is 79.9. The highest BCUT2D eigenvalue weighted by Gasteiger charge is 2.18. The van der Waals surface area contributed by atoms with Crippen LogP contribution in [0.4, 0.5) is 5.69 Å². The maximum Gasteiger partial charge on any atom is 0.238 e. The first kappa shape index (κ1) is 12.2. The molecule has 1 unspecified atom stereocenters. The summed E-state index contributed by atoms with van der Waals surface area (Å²) in [6.45, 7) is 6.02. The zero-order chi connectivity index (χ0) is 11.4. The normalized spacial score (nSPS) is 12.6. The number of hydrogen-bond acceptors (Lipinski definition) is 1. The summed E-state index contributed by atoms with van der Waals surface area (Å²) in [5.74, 6) is 0.297. The van der Waals surface area contributed by atoms with Gasteiger partial charge in [0.05, 0.1) is 4.83 Å². The lowest BCUT2D eigenvalue weighted by molar-refractivity contribution is -0.116. The molecule has 0 spiro atoms. The van der Waals surface area contributed by atoms with Crippen LogP contribution in [0.1, 0.15) is 19.4 Å². The van der Waals surface area contributed by atoms with Crippen molar-refractivity contribution in [3.05, 3.63) is 29.8 Å². The molecular weight excluding hydrogens is 254 g/mol. The van der Waals surface area contributed by atoms with Crippen LogP contribution in [0.5, 0.6) is 0 Å². The van der Waals surface area contributed by atoms with E-state index in [1.165, 1.54) is 0 Å². The molecule has 15 heavy (non-hydrogen) atoms. The highest BCUT2D eigenvalue weighted by molar-refractivity contribution is 9.10. The molecule has 1 amide bonds. The van der Waals surface area contributed by atoms with Gasteiger partial charge in [-0.15, -0.1) is 0 Å². The molecule has 1 aromatic carbocycles. The number of alkyl halides is 1. The zero-order valence-electron chi connectivity index (χ0n) is 9.25. The predicted octanol–water partition coefficient (Wildman–Crippen LogP) is 3.35. The number of benzene rings is 1. The van der Waals surface area contributed by atoms with Gasteiger partial charge in [0.25, 0.3) is 0 Å². The maximum absolute atomic E-state index is 11.7. The molecule has 0 saturated heterocycles. The summed E-state index contributed by atoms with van der Waals surface area (Å²) in [6.07, 6.45) is 0. The number of carbonyl (C=O) groups excluding carboxylic acids is 1. The third-order valence-corrected chi connectivity index (χ3v) is 3.59. The summed E-state index contributed by atoms with van der Waals surface area (Å²) in [5.41, 5.74) is 1.99. The Morgan fingerprint density at radius 3 is 2.60 bits per heavy atom. The molecule has 0 radical (unpaired) electrons. The summed E-state index contributed by atoms with van der Waals surface area (Å²) in [5, 5.41) is 2.88. The molecule has 0 heterocycles. The smallest absolute Gasteiger partial charge is 0.238 e.